The Hall–Kier alpha value is -2.05. The number of amides is 1. The van der Waals surface area contributed by atoms with Crippen LogP contribution in [0.5, 0.6) is 11.5 Å². The summed E-state index contributed by atoms with van der Waals surface area (Å²) in [5, 5.41) is 14.2. The Morgan fingerprint density at radius 3 is 2.78 bits per heavy atom. The van der Waals surface area contributed by atoms with Crippen molar-refractivity contribution in [1.29, 1.82) is 0 Å². The first-order chi connectivity index (χ1) is 10.9. The van der Waals surface area contributed by atoms with Gasteiger partial charge in [-0.3, -0.25) is 4.79 Å². The number of nitrogens with one attached hydrogen (secondary N) is 1. The molecule has 0 atom stereocenters. The molecule has 0 saturated heterocycles. The fraction of sp³-hybridized carbons (Fsp3) is 0.125. The Labute approximate surface area is 147 Å². The van der Waals surface area contributed by atoms with Gasteiger partial charge in [0, 0.05) is 10.0 Å². The van der Waals surface area contributed by atoms with Gasteiger partial charge in [0.25, 0.3) is 5.91 Å². The van der Waals surface area contributed by atoms with Gasteiger partial charge >= 0.3 is 0 Å². The van der Waals surface area contributed by atoms with Gasteiger partial charge in [0.2, 0.25) is 0 Å². The van der Waals surface area contributed by atoms with E-state index < -0.39 is 5.91 Å². The maximum absolute atomic E-state index is 12.0. The number of methoxy groups -OCH3 is 1. The van der Waals surface area contributed by atoms with Gasteiger partial charge in [-0.25, -0.2) is 5.43 Å². The van der Waals surface area contributed by atoms with Crippen molar-refractivity contribution in [1.82, 2.24) is 5.43 Å². The quantitative estimate of drug-likeness (QED) is 0.607. The summed E-state index contributed by atoms with van der Waals surface area (Å²) in [6, 6.07) is 8.38. The van der Waals surface area contributed by atoms with Crippen molar-refractivity contribution >= 4 is 39.7 Å². The average Bonchev–Trinajstić information content (AvgIpc) is 2.50. The molecule has 1 amide bonds. The molecular weight excluding hydrogens is 384 g/mol. The van der Waals surface area contributed by atoms with E-state index in [2.05, 4.69) is 26.5 Å². The molecule has 0 aliphatic heterocycles. The van der Waals surface area contributed by atoms with E-state index in [4.69, 9.17) is 16.3 Å². The molecule has 120 valence electrons. The van der Waals surface area contributed by atoms with Crippen LogP contribution in [0.1, 0.15) is 21.5 Å². The first kappa shape index (κ1) is 17.3. The molecule has 0 heterocycles. The van der Waals surface area contributed by atoms with Crippen molar-refractivity contribution in [3.8, 4) is 11.5 Å². The summed E-state index contributed by atoms with van der Waals surface area (Å²) in [5.41, 5.74) is 4.05. The second-order valence-electron chi connectivity index (χ2n) is 4.73. The monoisotopic (exact) mass is 396 g/mol. The minimum absolute atomic E-state index is 0.0675. The number of rotatable bonds is 4. The lowest BCUT2D eigenvalue weighted by molar-refractivity contribution is 0.0955. The van der Waals surface area contributed by atoms with E-state index in [9.17, 15) is 9.90 Å². The number of hydrogen-bond donors (Lipinski definition) is 2. The molecule has 2 rings (SSSR count). The highest BCUT2D eigenvalue weighted by atomic mass is 79.9. The maximum atomic E-state index is 12.0. The van der Waals surface area contributed by atoms with Crippen LogP contribution < -0.4 is 10.2 Å². The summed E-state index contributed by atoms with van der Waals surface area (Å²) in [7, 11) is 1.45. The fourth-order valence-corrected chi connectivity index (χ4v) is 2.65. The minimum atomic E-state index is -0.437. The zero-order chi connectivity index (χ0) is 17.0. The Kier molecular flexibility index (Phi) is 5.63. The van der Waals surface area contributed by atoms with Crippen molar-refractivity contribution in [2.75, 3.05) is 7.11 Å². The highest BCUT2D eigenvalue weighted by Crippen LogP contribution is 2.32. The maximum Gasteiger partial charge on any atom is 0.272 e. The molecule has 0 aliphatic rings. The van der Waals surface area contributed by atoms with Gasteiger partial charge in [0.1, 0.15) is 0 Å². The third kappa shape index (κ3) is 4.24. The number of phenols is 1. The van der Waals surface area contributed by atoms with Gasteiger partial charge in [-0.1, -0.05) is 33.6 Å². The molecule has 0 bridgehead atoms. The summed E-state index contributed by atoms with van der Waals surface area (Å²) in [5.74, 6) is -0.205. The lowest BCUT2D eigenvalue weighted by atomic mass is 10.1. The zero-order valence-electron chi connectivity index (χ0n) is 12.4. The highest BCUT2D eigenvalue weighted by molar-refractivity contribution is 9.10. The predicted molar refractivity (Wildman–Crippen MR) is 93.6 cm³/mol. The van der Waals surface area contributed by atoms with E-state index >= 15 is 0 Å². The number of benzene rings is 2. The molecule has 2 aromatic carbocycles. The number of ether oxygens (including phenoxy) is 1. The van der Waals surface area contributed by atoms with E-state index in [0.717, 1.165) is 5.56 Å². The molecule has 0 radical (unpaired) electrons. The number of hydrogen-bond acceptors (Lipinski definition) is 4. The van der Waals surface area contributed by atoms with Gasteiger partial charge < -0.3 is 9.84 Å². The minimum Gasteiger partial charge on any atom is -0.504 e. The van der Waals surface area contributed by atoms with Crippen LogP contribution in [-0.2, 0) is 0 Å². The summed E-state index contributed by atoms with van der Waals surface area (Å²) >= 11 is 9.33. The molecule has 0 fully saturated rings. The van der Waals surface area contributed by atoms with Crippen molar-refractivity contribution in [2.45, 2.75) is 6.92 Å². The fourth-order valence-electron chi connectivity index (χ4n) is 1.87. The molecule has 0 spiro atoms. The number of carbonyl (C=O) groups is 1. The van der Waals surface area contributed by atoms with Crippen LogP contribution in [0.25, 0.3) is 0 Å². The van der Waals surface area contributed by atoms with Crippen molar-refractivity contribution in [2.24, 2.45) is 5.10 Å². The van der Waals surface area contributed by atoms with E-state index in [0.29, 0.717) is 26.4 Å². The van der Waals surface area contributed by atoms with Crippen molar-refractivity contribution in [3.63, 3.8) is 0 Å². The van der Waals surface area contributed by atoms with Crippen molar-refractivity contribution in [3.05, 3.63) is 56.5 Å². The number of phenolic OH excluding ortho intramolecular Hbond substituents is 1. The number of carbonyl (C=O) groups excluding carboxylic acids is 1. The van der Waals surface area contributed by atoms with Crippen LogP contribution in [0, 0.1) is 6.92 Å². The first-order valence-electron chi connectivity index (χ1n) is 6.58. The van der Waals surface area contributed by atoms with Gasteiger partial charge in [-0.2, -0.15) is 5.10 Å². The molecule has 2 N–H and O–H groups in total. The van der Waals surface area contributed by atoms with Gasteiger partial charge in [-0.15, -0.1) is 0 Å². The Morgan fingerprint density at radius 2 is 2.13 bits per heavy atom. The second kappa shape index (κ2) is 7.48. The average molecular weight is 398 g/mol. The van der Waals surface area contributed by atoms with E-state index in [-0.39, 0.29) is 5.75 Å². The number of nitrogens with zero attached hydrogens (tertiary/aromatic N) is 1. The summed E-state index contributed by atoms with van der Waals surface area (Å²) in [4.78, 5) is 12.0. The number of hydrazone groups is 1. The molecule has 7 heteroatoms. The number of aromatic hydroxyl groups is 1. The zero-order valence-corrected chi connectivity index (χ0v) is 14.8. The molecule has 2 aromatic rings. The third-order valence-electron chi connectivity index (χ3n) is 3.03. The largest absolute Gasteiger partial charge is 0.504 e. The highest BCUT2D eigenvalue weighted by Gasteiger charge is 2.10. The van der Waals surface area contributed by atoms with E-state index in [1.807, 2.05) is 6.92 Å². The van der Waals surface area contributed by atoms with E-state index in [1.54, 1.807) is 30.3 Å². The molecule has 5 nitrogen and oxygen atoms in total. The first-order valence-corrected chi connectivity index (χ1v) is 7.75. The van der Waals surface area contributed by atoms with Gasteiger partial charge in [0.05, 0.1) is 23.9 Å². The van der Waals surface area contributed by atoms with Crippen LogP contribution in [0.4, 0.5) is 0 Å². The lowest BCUT2D eigenvalue weighted by Crippen LogP contribution is -2.18. The summed E-state index contributed by atoms with van der Waals surface area (Å²) < 4.78 is 5.75. The van der Waals surface area contributed by atoms with Crippen LogP contribution in [-0.4, -0.2) is 24.3 Å². The van der Waals surface area contributed by atoms with Gasteiger partial charge in [0.15, 0.2) is 11.5 Å². The second-order valence-corrected chi connectivity index (χ2v) is 6.05. The summed E-state index contributed by atoms with van der Waals surface area (Å²) in [6.07, 6.45) is 1.32. The normalized spacial score (nSPS) is 10.8. The number of aryl methyl sites for hydroxylation is 1. The van der Waals surface area contributed by atoms with Crippen LogP contribution in [0.3, 0.4) is 0 Å². The molecule has 0 unspecified atom stereocenters. The molecule has 0 aromatic heterocycles. The van der Waals surface area contributed by atoms with Gasteiger partial charge in [-0.05, 0) is 36.8 Å². The third-order valence-corrected chi connectivity index (χ3v) is 3.80. The lowest BCUT2D eigenvalue weighted by Gasteiger charge is -2.07. The Bertz CT molecular complexity index is 778. The molecule has 23 heavy (non-hydrogen) atoms. The standard InChI is InChI=1S/C16H14BrClN2O3/c1-9-3-4-12(13(18)5-9)16(22)20-19-8-10-6-11(17)7-14(23-2)15(10)21/h3-8,21H,1-2H3,(H,20,22). The topological polar surface area (TPSA) is 70.9 Å². The molecular formula is C16H14BrClN2O3. The van der Waals surface area contributed by atoms with Crippen LogP contribution in [0.15, 0.2) is 39.9 Å². The van der Waals surface area contributed by atoms with Crippen LogP contribution in [0.2, 0.25) is 5.02 Å². The Balaban J connectivity index is 2.16. The Morgan fingerprint density at radius 1 is 1.39 bits per heavy atom. The predicted octanol–water partition coefficient (Wildman–Crippen LogP) is 3.89. The smallest absolute Gasteiger partial charge is 0.272 e. The molecule has 0 aliphatic carbocycles. The summed E-state index contributed by atoms with van der Waals surface area (Å²) in [6.45, 7) is 1.88. The van der Waals surface area contributed by atoms with E-state index in [1.165, 1.54) is 13.3 Å². The van der Waals surface area contributed by atoms with Crippen molar-refractivity contribution < 1.29 is 14.6 Å². The SMILES string of the molecule is COc1cc(Br)cc(C=NNC(=O)c2ccc(C)cc2Cl)c1O. The number of halogens is 2. The van der Waals surface area contributed by atoms with Crippen LogP contribution >= 0.6 is 27.5 Å². The molecule has 0 saturated carbocycles.